The number of esters is 1. The molecule has 0 saturated heterocycles. The van der Waals surface area contributed by atoms with E-state index in [-0.39, 0.29) is 25.5 Å². The molecule has 54 heavy (non-hydrogen) atoms. The van der Waals surface area contributed by atoms with Gasteiger partial charge in [-0.15, -0.1) is 0 Å². The molecule has 0 saturated carbocycles. The highest BCUT2D eigenvalue weighted by molar-refractivity contribution is 5.86. The van der Waals surface area contributed by atoms with Crippen LogP contribution in [0, 0.1) is 0 Å². The van der Waals surface area contributed by atoms with Gasteiger partial charge < -0.3 is 29.6 Å². The van der Waals surface area contributed by atoms with Crippen molar-refractivity contribution in [2.24, 2.45) is 0 Å². The van der Waals surface area contributed by atoms with E-state index in [0.717, 1.165) is 25.7 Å². The van der Waals surface area contributed by atoms with E-state index in [4.69, 9.17) is 18.9 Å². The number of unbranched alkanes of at least 4 members (excludes halogenated alkanes) is 22. The van der Waals surface area contributed by atoms with Crippen LogP contribution in [0.5, 0.6) is 0 Å². The number of amides is 2. The molecule has 9 nitrogen and oxygen atoms in total. The first-order chi connectivity index (χ1) is 25.8. The molecule has 0 aliphatic rings. The molecule has 320 valence electrons. The zero-order valence-electron chi connectivity index (χ0n) is 36.7. The zero-order chi connectivity index (χ0) is 40.3. The number of nitrogens with one attached hydrogen (secondary N) is 2. The van der Waals surface area contributed by atoms with Gasteiger partial charge in [-0.05, 0) is 60.8 Å². The van der Waals surface area contributed by atoms with Crippen molar-refractivity contribution in [3.63, 3.8) is 0 Å². The molecule has 2 N–H and O–H groups in total. The average Bonchev–Trinajstić information content (AvgIpc) is 3.09. The second-order valence-electron chi connectivity index (χ2n) is 17.4. The van der Waals surface area contributed by atoms with E-state index < -0.39 is 35.2 Å². The van der Waals surface area contributed by atoms with Crippen molar-refractivity contribution in [3.8, 4) is 0 Å². The minimum atomic E-state index is -0.966. The highest BCUT2D eigenvalue weighted by atomic mass is 16.6. The van der Waals surface area contributed by atoms with Crippen molar-refractivity contribution < 1.29 is 33.3 Å². The van der Waals surface area contributed by atoms with Gasteiger partial charge in [-0.1, -0.05) is 155 Å². The van der Waals surface area contributed by atoms with Gasteiger partial charge in [0.05, 0.1) is 12.7 Å². The standard InChI is InChI=1S/C45H88N2O7/c1-9-11-13-15-17-19-21-23-25-27-29-31-35-51-38-39(52-36-32-30-28-26-24-22-20-18-16-14-12-10-2)37-46-42(49)40(47-43(50)54-45(6,7)8)33-34-41(48)53-44(3,4)5/h39-40H,9-38H2,1-8H3,(H,46,49)(H,47,50). The average molecular weight is 769 g/mol. The molecule has 0 fully saturated rings. The number of hydrogen-bond donors (Lipinski definition) is 2. The number of alkyl carbamates (subject to hydrolysis) is 1. The van der Waals surface area contributed by atoms with Crippen LogP contribution in [0.2, 0.25) is 0 Å². The maximum atomic E-state index is 13.4. The van der Waals surface area contributed by atoms with Gasteiger partial charge in [0.1, 0.15) is 17.2 Å². The summed E-state index contributed by atoms with van der Waals surface area (Å²) in [5.41, 5.74) is -1.37. The summed E-state index contributed by atoms with van der Waals surface area (Å²) in [6, 6.07) is -0.966. The van der Waals surface area contributed by atoms with Crippen molar-refractivity contribution in [2.75, 3.05) is 26.4 Å². The first kappa shape index (κ1) is 52.1. The van der Waals surface area contributed by atoms with Crippen LogP contribution in [0.3, 0.4) is 0 Å². The topological polar surface area (TPSA) is 112 Å². The van der Waals surface area contributed by atoms with Gasteiger partial charge in [-0.2, -0.15) is 0 Å². The molecule has 2 amide bonds. The quantitative estimate of drug-likeness (QED) is 0.0482. The second-order valence-corrected chi connectivity index (χ2v) is 17.4. The van der Waals surface area contributed by atoms with E-state index >= 15 is 0 Å². The predicted molar refractivity (Wildman–Crippen MR) is 224 cm³/mol. The fourth-order valence-corrected chi connectivity index (χ4v) is 6.33. The van der Waals surface area contributed by atoms with E-state index in [9.17, 15) is 14.4 Å². The summed E-state index contributed by atoms with van der Waals surface area (Å²) < 4.78 is 23.1. The van der Waals surface area contributed by atoms with Gasteiger partial charge in [0.15, 0.2) is 0 Å². The van der Waals surface area contributed by atoms with E-state index in [0.29, 0.717) is 19.8 Å². The molecule has 0 aromatic heterocycles. The van der Waals surface area contributed by atoms with Crippen LogP contribution in [0.25, 0.3) is 0 Å². The molecule has 0 aliphatic heterocycles. The lowest BCUT2D eigenvalue weighted by Crippen LogP contribution is -2.50. The smallest absolute Gasteiger partial charge is 0.408 e. The van der Waals surface area contributed by atoms with Crippen molar-refractivity contribution in [1.29, 1.82) is 0 Å². The molecule has 0 spiro atoms. The molecule has 0 bridgehead atoms. The van der Waals surface area contributed by atoms with Crippen molar-refractivity contribution in [1.82, 2.24) is 10.6 Å². The van der Waals surface area contributed by atoms with E-state index in [2.05, 4.69) is 24.5 Å². The summed E-state index contributed by atoms with van der Waals surface area (Å²) in [6.45, 7) is 17.1. The lowest BCUT2D eigenvalue weighted by molar-refractivity contribution is -0.155. The molecular formula is C45H88N2O7. The number of carbonyl (C=O) groups excluding carboxylic acids is 3. The van der Waals surface area contributed by atoms with E-state index in [1.807, 2.05) is 0 Å². The van der Waals surface area contributed by atoms with E-state index in [1.54, 1.807) is 41.5 Å². The Labute approximate surface area is 333 Å². The van der Waals surface area contributed by atoms with Crippen LogP contribution < -0.4 is 10.6 Å². The Hall–Kier alpha value is -1.87. The molecule has 0 heterocycles. The van der Waals surface area contributed by atoms with Crippen LogP contribution in [-0.2, 0) is 28.5 Å². The molecule has 0 radical (unpaired) electrons. The van der Waals surface area contributed by atoms with Crippen LogP contribution in [0.4, 0.5) is 4.79 Å². The van der Waals surface area contributed by atoms with Crippen molar-refractivity contribution in [2.45, 2.75) is 246 Å². The fraction of sp³-hybridized carbons (Fsp3) is 0.933. The summed E-state index contributed by atoms with van der Waals surface area (Å²) >= 11 is 0. The lowest BCUT2D eigenvalue weighted by atomic mass is 10.1. The molecule has 2 atom stereocenters. The minimum absolute atomic E-state index is 0.0216. The number of carbonyl (C=O) groups is 3. The Morgan fingerprint density at radius 1 is 0.537 bits per heavy atom. The Morgan fingerprint density at radius 3 is 1.37 bits per heavy atom. The molecule has 0 aromatic rings. The summed E-state index contributed by atoms with van der Waals surface area (Å²) in [6.07, 6.45) is 30.0. The Balaban J connectivity index is 4.86. The monoisotopic (exact) mass is 769 g/mol. The largest absolute Gasteiger partial charge is 0.460 e. The Bertz CT molecular complexity index is 899. The lowest BCUT2D eigenvalue weighted by Gasteiger charge is -2.25. The normalized spacial score (nSPS) is 13.0. The summed E-state index contributed by atoms with van der Waals surface area (Å²) in [5.74, 6) is -0.828. The molecular weight excluding hydrogens is 681 g/mol. The van der Waals surface area contributed by atoms with Gasteiger partial charge in [-0.25, -0.2) is 4.79 Å². The third-order valence-electron chi connectivity index (χ3n) is 9.37. The molecule has 0 aromatic carbocycles. The van der Waals surface area contributed by atoms with E-state index in [1.165, 1.54) is 128 Å². The molecule has 0 rings (SSSR count). The second kappa shape index (κ2) is 34.4. The maximum Gasteiger partial charge on any atom is 0.408 e. The van der Waals surface area contributed by atoms with Crippen LogP contribution >= 0.6 is 0 Å². The highest BCUT2D eigenvalue weighted by Gasteiger charge is 2.27. The summed E-state index contributed by atoms with van der Waals surface area (Å²) in [5, 5.41) is 5.61. The van der Waals surface area contributed by atoms with Crippen LogP contribution in [0.1, 0.15) is 222 Å². The third kappa shape index (κ3) is 37.1. The first-order valence-corrected chi connectivity index (χ1v) is 22.5. The first-order valence-electron chi connectivity index (χ1n) is 22.5. The Kier molecular flexibility index (Phi) is 33.2. The fourth-order valence-electron chi connectivity index (χ4n) is 6.33. The number of hydrogen-bond acceptors (Lipinski definition) is 7. The summed E-state index contributed by atoms with van der Waals surface area (Å²) in [4.78, 5) is 38.5. The molecule has 2 unspecified atom stereocenters. The van der Waals surface area contributed by atoms with Gasteiger partial charge >= 0.3 is 12.1 Å². The molecule has 9 heteroatoms. The van der Waals surface area contributed by atoms with Crippen LogP contribution in [-0.4, -0.2) is 67.7 Å². The van der Waals surface area contributed by atoms with Crippen molar-refractivity contribution in [3.05, 3.63) is 0 Å². The minimum Gasteiger partial charge on any atom is -0.460 e. The van der Waals surface area contributed by atoms with Gasteiger partial charge in [0.2, 0.25) is 5.91 Å². The highest BCUT2D eigenvalue weighted by Crippen LogP contribution is 2.15. The number of ether oxygens (including phenoxy) is 4. The Morgan fingerprint density at radius 2 is 0.944 bits per heavy atom. The van der Waals surface area contributed by atoms with Gasteiger partial charge in [-0.3, -0.25) is 9.59 Å². The summed E-state index contributed by atoms with van der Waals surface area (Å²) in [7, 11) is 0. The zero-order valence-corrected chi connectivity index (χ0v) is 36.7. The predicted octanol–water partition coefficient (Wildman–Crippen LogP) is 11.9. The SMILES string of the molecule is CCCCCCCCCCCCCCOCC(CNC(=O)C(CCC(=O)OC(C)(C)C)NC(=O)OC(C)(C)C)OCCCCCCCCCCCCCC. The third-order valence-corrected chi connectivity index (χ3v) is 9.37. The van der Waals surface area contributed by atoms with Gasteiger partial charge in [0.25, 0.3) is 0 Å². The van der Waals surface area contributed by atoms with Crippen molar-refractivity contribution >= 4 is 18.0 Å². The van der Waals surface area contributed by atoms with Crippen LogP contribution in [0.15, 0.2) is 0 Å². The molecule has 0 aliphatic carbocycles. The number of rotatable bonds is 36. The van der Waals surface area contributed by atoms with Gasteiger partial charge in [0, 0.05) is 26.2 Å². The maximum absolute atomic E-state index is 13.4.